The number of carbonyl (C=O) groups excluding carboxylic acids is 1. The maximum atomic E-state index is 12.6. The molecule has 0 saturated carbocycles. The van der Waals surface area contributed by atoms with Gasteiger partial charge in [-0.3, -0.25) is 9.36 Å². The van der Waals surface area contributed by atoms with Crippen molar-refractivity contribution in [1.29, 1.82) is 0 Å². The quantitative estimate of drug-likeness (QED) is 0.479. The molecule has 0 saturated heterocycles. The van der Waals surface area contributed by atoms with Crippen molar-refractivity contribution in [2.45, 2.75) is 37.3 Å². The van der Waals surface area contributed by atoms with Crippen LogP contribution in [0.3, 0.4) is 0 Å². The second-order valence-electron chi connectivity index (χ2n) is 7.13. The Hall–Kier alpha value is -1.64. The first-order valence-corrected chi connectivity index (χ1v) is 11.2. The van der Waals surface area contributed by atoms with E-state index in [1.165, 1.54) is 11.8 Å². The van der Waals surface area contributed by atoms with Gasteiger partial charge in [0.25, 0.3) is 0 Å². The molecule has 0 radical (unpaired) electrons. The number of fused-ring (bicyclic) bond motifs is 1. The molecule has 28 heavy (non-hydrogen) atoms. The van der Waals surface area contributed by atoms with Gasteiger partial charge in [0.2, 0.25) is 5.91 Å². The largest absolute Gasteiger partial charge is 0.348 e. The molecule has 3 rings (SSSR count). The lowest BCUT2D eigenvalue weighted by Gasteiger charge is -2.15. The number of benzene rings is 1. The number of carbonyl (C=O) groups is 1. The molecule has 1 aliphatic carbocycles. The zero-order valence-electron chi connectivity index (χ0n) is 16.2. The van der Waals surface area contributed by atoms with Gasteiger partial charge in [0.15, 0.2) is 0 Å². The summed E-state index contributed by atoms with van der Waals surface area (Å²) in [6.07, 6.45) is 3.79. The Morgan fingerprint density at radius 2 is 2.04 bits per heavy atom. The zero-order valence-corrected chi connectivity index (χ0v) is 18.6. The van der Waals surface area contributed by atoms with Crippen LogP contribution in [-0.4, -0.2) is 46.8 Å². The van der Waals surface area contributed by atoms with Gasteiger partial charge in [0.1, 0.15) is 5.03 Å². The molecule has 0 spiro atoms. The summed E-state index contributed by atoms with van der Waals surface area (Å²) in [5, 5.41) is 3.59. The molecular weight excluding hydrogens is 440 g/mol. The Morgan fingerprint density at radius 1 is 1.29 bits per heavy atom. The standard InChI is InChI=1S/C20H25BrN4O2S/c1-24(2)11-4-12-25-17-6-3-5-16(17)19(23-20(25)27)28-13-18(26)22-15-9-7-14(21)8-10-15/h7-10H,3-6,11-13H2,1-2H3,(H,22,26). The van der Waals surface area contributed by atoms with Crippen molar-refractivity contribution in [3.63, 3.8) is 0 Å². The summed E-state index contributed by atoms with van der Waals surface area (Å²) in [4.78, 5) is 31.3. The highest BCUT2D eigenvalue weighted by atomic mass is 79.9. The monoisotopic (exact) mass is 464 g/mol. The topological polar surface area (TPSA) is 67.2 Å². The molecule has 8 heteroatoms. The van der Waals surface area contributed by atoms with Crippen molar-refractivity contribution in [3.05, 3.63) is 50.5 Å². The molecule has 0 atom stereocenters. The average Bonchev–Trinajstić information content (AvgIpc) is 3.13. The van der Waals surface area contributed by atoms with Crippen molar-refractivity contribution in [1.82, 2.24) is 14.5 Å². The molecule has 1 aromatic carbocycles. The van der Waals surface area contributed by atoms with Crippen LogP contribution in [0.5, 0.6) is 0 Å². The predicted octanol–water partition coefficient (Wildman–Crippen LogP) is 3.18. The summed E-state index contributed by atoms with van der Waals surface area (Å²) in [6.45, 7) is 1.63. The molecule has 150 valence electrons. The third-order valence-corrected chi connectivity index (χ3v) is 6.20. The SMILES string of the molecule is CN(C)CCCn1c2c(c(SCC(=O)Nc3ccc(Br)cc3)nc1=O)CCC2. The number of halogens is 1. The fourth-order valence-corrected chi connectivity index (χ4v) is 4.49. The number of hydrogen-bond donors (Lipinski definition) is 1. The Labute approximate surface area is 177 Å². The third-order valence-electron chi connectivity index (χ3n) is 4.66. The van der Waals surface area contributed by atoms with Crippen molar-refractivity contribution in [2.75, 3.05) is 31.7 Å². The van der Waals surface area contributed by atoms with E-state index in [0.717, 1.165) is 53.6 Å². The fraction of sp³-hybridized carbons (Fsp3) is 0.450. The molecule has 0 bridgehead atoms. The number of rotatable bonds is 8. The molecule has 1 aliphatic rings. The summed E-state index contributed by atoms with van der Waals surface area (Å²) in [7, 11) is 4.06. The first kappa shape index (κ1) is 21.1. The van der Waals surface area contributed by atoms with Crippen molar-refractivity contribution in [2.24, 2.45) is 0 Å². The van der Waals surface area contributed by atoms with E-state index in [1.807, 2.05) is 42.9 Å². The highest BCUT2D eigenvalue weighted by Crippen LogP contribution is 2.29. The zero-order chi connectivity index (χ0) is 20.1. The minimum atomic E-state index is -0.199. The Morgan fingerprint density at radius 3 is 2.75 bits per heavy atom. The van der Waals surface area contributed by atoms with E-state index in [2.05, 4.69) is 31.1 Å². The number of amides is 1. The number of nitrogens with one attached hydrogen (secondary N) is 1. The summed E-state index contributed by atoms with van der Waals surface area (Å²) in [5.74, 6) is 0.135. The molecule has 0 aliphatic heterocycles. The van der Waals surface area contributed by atoms with Gasteiger partial charge in [-0.2, -0.15) is 4.98 Å². The molecule has 1 heterocycles. The number of nitrogens with zero attached hydrogens (tertiary/aromatic N) is 3. The second-order valence-corrected chi connectivity index (χ2v) is 9.01. The number of anilines is 1. The number of aromatic nitrogens is 2. The Kier molecular flexibility index (Phi) is 7.31. The molecule has 6 nitrogen and oxygen atoms in total. The predicted molar refractivity (Wildman–Crippen MR) is 117 cm³/mol. The summed E-state index contributed by atoms with van der Waals surface area (Å²) in [5.41, 5.74) is 2.80. The normalized spacial score (nSPS) is 13.0. The molecule has 1 aromatic heterocycles. The fourth-order valence-electron chi connectivity index (χ4n) is 3.35. The molecule has 1 N–H and O–H groups in total. The van der Waals surface area contributed by atoms with Crippen LogP contribution in [0.4, 0.5) is 5.69 Å². The molecule has 0 fully saturated rings. The van der Waals surface area contributed by atoms with E-state index in [9.17, 15) is 9.59 Å². The maximum Gasteiger partial charge on any atom is 0.348 e. The lowest BCUT2D eigenvalue weighted by atomic mass is 10.2. The molecular formula is C20H25BrN4O2S. The summed E-state index contributed by atoms with van der Waals surface area (Å²) in [6, 6.07) is 7.45. The lowest BCUT2D eigenvalue weighted by molar-refractivity contribution is -0.113. The molecule has 1 amide bonds. The lowest BCUT2D eigenvalue weighted by Crippen LogP contribution is -2.29. The summed E-state index contributed by atoms with van der Waals surface area (Å²) >= 11 is 4.73. The van der Waals surface area contributed by atoms with Gasteiger partial charge in [-0.15, -0.1) is 0 Å². The van der Waals surface area contributed by atoms with Crippen molar-refractivity contribution >= 4 is 39.3 Å². The number of hydrogen-bond acceptors (Lipinski definition) is 5. The first-order valence-electron chi connectivity index (χ1n) is 9.39. The van der Waals surface area contributed by atoms with Gasteiger partial charge in [-0.25, -0.2) is 4.79 Å². The van der Waals surface area contributed by atoms with Gasteiger partial charge < -0.3 is 10.2 Å². The van der Waals surface area contributed by atoms with Crippen LogP contribution in [0, 0.1) is 0 Å². The van der Waals surface area contributed by atoms with Crippen LogP contribution in [0.1, 0.15) is 24.1 Å². The van der Waals surface area contributed by atoms with Gasteiger partial charge in [0.05, 0.1) is 5.75 Å². The van der Waals surface area contributed by atoms with Crippen molar-refractivity contribution in [3.8, 4) is 0 Å². The highest BCUT2D eigenvalue weighted by Gasteiger charge is 2.22. The Bertz CT molecular complexity index is 896. The Balaban J connectivity index is 1.66. The minimum absolute atomic E-state index is 0.101. The second kappa shape index (κ2) is 9.71. The van der Waals surface area contributed by atoms with E-state index < -0.39 is 0 Å². The van der Waals surface area contributed by atoms with Crippen LogP contribution in [0.2, 0.25) is 0 Å². The van der Waals surface area contributed by atoms with Gasteiger partial charge in [-0.05, 0) is 70.6 Å². The third kappa shape index (κ3) is 5.46. The smallest absolute Gasteiger partial charge is 0.325 e. The van der Waals surface area contributed by atoms with Crippen LogP contribution in [-0.2, 0) is 24.2 Å². The van der Waals surface area contributed by atoms with Crippen LogP contribution in [0.15, 0.2) is 38.6 Å². The van der Waals surface area contributed by atoms with Crippen LogP contribution in [0.25, 0.3) is 0 Å². The highest BCUT2D eigenvalue weighted by molar-refractivity contribution is 9.10. The van der Waals surface area contributed by atoms with Crippen LogP contribution < -0.4 is 11.0 Å². The first-order chi connectivity index (χ1) is 13.4. The van der Waals surface area contributed by atoms with E-state index in [-0.39, 0.29) is 17.3 Å². The minimum Gasteiger partial charge on any atom is -0.325 e. The van der Waals surface area contributed by atoms with Crippen LogP contribution >= 0.6 is 27.7 Å². The maximum absolute atomic E-state index is 12.6. The van der Waals surface area contributed by atoms with E-state index in [4.69, 9.17) is 0 Å². The van der Waals surface area contributed by atoms with Gasteiger partial charge >= 0.3 is 5.69 Å². The van der Waals surface area contributed by atoms with Gasteiger partial charge in [-0.1, -0.05) is 27.7 Å². The average molecular weight is 465 g/mol. The molecule has 2 aromatic rings. The summed E-state index contributed by atoms with van der Waals surface area (Å²) < 4.78 is 2.79. The van der Waals surface area contributed by atoms with E-state index >= 15 is 0 Å². The van der Waals surface area contributed by atoms with E-state index in [0.29, 0.717) is 11.6 Å². The van der Waals surface area contributed by atoms with E-state index in [1.54, 1.807) is 0 Å². The van der Waals surface area contributed by atoms with Crippen molar-refractivity contribution < 1.29 is 4.79 Å². The molecule has 0 unspecified atom stereocenters. The van der Waals surface area contributed by atoms with Gasteiger partial charge in [0, 0.05) is 28.0 Å². The number of thioether (sulfide) groups is 1.